The molecule has 7 nitrogen and oxygen atoms in total. The van der Waals surface area contributed by atoms with Crippen LogP contribution < -0.4 is 4.31 Å². The summed E-state index contributed by atoms with van der Waals surface area (Å²) in [5, 5.41) is 4.11. The summed E-state index contributed by atoms with van der Waals surface area (Å²) < 4.78 is 29.9. The first-order valence-corrected chi connectivity index (χ1v) is 11.2. The molecule has 1 aliphatic heterocycles. The molecule has 1 aromatic heterocycles. The molecule has 0 atom stereocenters. The minimum Gasteiger partial charge on any atom is -0.337 e. The molecule has 0 saturated heterocycles. The number of fused-ring (bicyclic) bond motifs is 1. The van der Waals surface area contributed by atoms with E-state index in [1.807, 2.05) is 37.5 Å². The molecule has 4 rings (SSSR count). The number of aromatic nitrogens is 2. The Morgan fingerprint density at radius 3 is 2.73 bits per heavy atom. The zero-order valence-electron chi connectivity index (χ0n) is 17.0. The number of nitrogens with zero attached hydrogens (tertiary/aromatic N) is 4. The first kappa shape index (κ1) is 20.2. The highest BCUT2D eigenvalue weighted by atomic mass is 32.2. The van der Waals surface area contributed by atoms with Gasteiger partial charge in [0.05, 0.1) is 16.8 Å². The van der Waals surface area contributed by atoms with E-state index in [1.54, 1.807) is 41.0 Å². The monoisotopic (exact) mass is 424 g/mol. The van der Waals surface area contributed by atoms with Crippen LogP contribution in [0.2, 0.25) is 0 Å². The third-order valence-corrected chi connectivity index (χ3v) is 7.07. The first-order chi connectivity index (χ1) is 14.4. The van der Waals surface area contributed by atoms with Crippen molar-refractivity contribution in [2.24, 2.45) is 7.05 Å². The van der Waals surface area contributed by atoms with Gasteiger partial charge in [-0.05, 0) is 42.7 Å². The van der Waals surface area contributed by atoms with E-state index in [-0.39, 0.29) is 10.8 Å². The van der Waals surface area contributed by atoms with Crippen LogP contribution in [-0.4, -0.2) is 42.6 Å². The summed E-state index contributed by atoms with van der Waals surface area (Å²) in [6.45, 7) is 0.821. The predicted molar refractivity (Wildman–Crippen MR) is 115 cm³/mol. The third-order valence-electron chi connectivity index (χ3n) is 5.26. The van der Waals surface area contributed by atoms with Crippen molar-refractivity contribution < 1.29 is 13.2 Å². The van der Waals surface area contributed by atoms with Gasteiger partial charge in [0.1, 0.15) is 0 Å². The number of carbonyl (C=O) groups is 1. The molecule has 1 aliphatic rings. The van der Waals surface area contributed by atoms with Gasteiger partial charge in [0.25, 0.3) is 15.9 Å². The number of carbonyl (C=O) groups excluding carboxylic acids is 1. The maximum Gasteiger partial charge on any atom is 0.264 e. The number of benzene rings is 2. The van der Waals surface area contributed by atoms with Gasteiger partial charge in [-0.1, -0.05) is 24.3 Å². The van der Waals surface area contributed by atoms with E-state index >= 15 is 0 Å². The van der Waals surface area contributed by atoms with Crippen molar-refractivity contribution in [1.82, 2.24) is 14.7 Å². The lowest BCUT2D eigenvalue weighted by molar-refractivity contribution is 0.0785. The van der Waals surface area contributed by atoms with E-state index in [1.165, 1.54) is 10.4 Å². The zero-order valence-corrected chi connectivity index (χ0v) is 17.8. The highest BCUT2D eigenvalue weighted by Gasteiger charge is 2.29. The lowest BCUT2D eigenvalue weighted by atomic mass is 10.0. The van der Waals surface area contributed by atoms with Crippen LogP contribution in [0.1, 0.15) is 27.9 Å². The van der Waals surface area contributed by atoms with E-state index in [4.69, 9.17) is 0 Å². The van der Waals surface area contributed by atoms with Gasteiger partial charge in [-0.25, -0.2) is 8.42 Å². The van der Waals surface area contributed by atoms with Gasteiger partial charge in [-0.3, -0.25) is 13.8 Å². The Bertz CT molecular complexity index is 1190. The van der Waals surface area contributed by atoms with Crippen LogP contribution in [-0.2, 0) is 30.0 Å². The van der Waals surface area contributed by atoms with Crippen LogP contribution in [0.3, 0.4) is 0 Å². The Morgan fingerprint density at radius 2 is 1.97 bits per heavy atom. The molecule has 0 saturated carbocycles. The Hall–Kier alpha value is -3.13. The molecule has 0 unspecified atom stereocenters. The summed E-state index contributed by atoms with van der Waals surface area (Å²) in [4.78, 5) is 14.6. The number of anilines is 1. The Balaban J connectivity index is 1.61. The van der Waals surface area contributed by atoms with E-state index in [0.29, 0.717) is 24.3 Å². The number of rotatable bonds is 5. The number of amides is 1. The molecule has 0 spiro atoms. The van der Waals surface area contributed by atoms with Crippen molar-refractivity contribution in [3.05, 3.63) is 77.6 Å². The van der Waals surface area contributed by atoms with Crippen molar-refractivity contribution >= 4 is 21.6 Å². The van der Waals surface area contributed by atoms with Gasteiger partial charge in [-0.2, -0.15) is 5.10 Å². The molecule has 3 aromatic rings. The SMILES string of the molecule is CN(Cc1cnn(C)c1)C(=O)c1cccc(S(=O)(=O)N2CCCc3ccccc32)c1. The molecule has 30 heavy (non-hydrogen) atoms. The average Bonchev–Trinajstić information content (AvgIpc) is 3.17. The number of aryl methyl sites for hydroxylation is 2. The molecule has 0 fully saturated rings. The van der Waals surface area contributed by atoms with Crippen molar-refractivity contribution in [3.63, 3.8) is 0 Å². The Labute approximate surface area is 176 Å². The van der Waals surface area contributed by atoms with Gasteiger partial charge in [0, 0.05) is 44.5 Å². The summed E-state index contributed by atoms with van der Waals surface area (Å²) in [5.41, 5.74) is 2.99. The summed E-state index contributed by atoms with van der Waals surface area (Å²) in [6, 6.07) is 13.8. The van der Waals surface area contributed by atoms with Crippen LogP contribution in [0.4, 0.5) is 5.69 Å². The van der Waals surface area contributed by atoms with Crippen molar-refractivity contribution in [1.29, 1.82) is 0 Å². The topological polar surface area (TPSA) is 75.5 Å². The zero-order chi connectivity index (χ0) is 21.3. The normalized spacial score (nSPS) is 13.7. The summed E-state index contributed by atoms with van der Waals surface area (Å²) in [7, 11) is -0.254. The van der Waals surface area contributed by atoms with E-state index < -0.39 is 10.0 Å². The average molecular weight is 425 g/mol. The molecule has 156 valence electrons. The smallest absolute Gasteiger partial charge is 0.264 e. The fourth-order valence-corrected chi connectivity index (χ4v) is 5.37. The summed E-state index contributed by atoms with van der Waals surface area (Å²) in [6.07, 6.45) is 5.18. The highest BCUT2D eigenvalue weighted by Crippen LogP contribution is 2.32. The molecule has 0 bridgehead atoms. The van der Waals surface area contributed by atoms with Gasteiger partial charge in [-0.15, -0.1) is 0 Å². The Morgan fingerprint density at radius 1 is 1.17 bits per heavy atom. The van der Waals surface area contributed by atoms with Crippen molar-refractivity contribution in [2.45, 2.75) is 24.3 Å². The lowest BCUT2D eigenvalue weighted by Gasteiger charge is -2.30. The Kier molecular flexibility index (Phi) is 5.34. The summed E-state index contributed by atoms with van der Waals surface area (Å²) >= 11 is 0. The van der Waals surface area contributed by atoms with Gasteiger partial charge in [0.2, 0.25) is 0 Å². The van der Waals surface area contributed by atoms with E-state index in [2.05, 4.69) is 5.10 Å². The second-order valence-electron chi connectivity index (χ2n) is 7.52. The molecule has 2 aromatic carbocycles. The van der Waals surface area contributed by atoms with Gasteiger partial charge < -0.3 is 4.90 Å². The minimum absolute atomic E-state index is 0.125. The van der Waals surface area contributed by atoms with Crippen LogP contribution in [0.5, 0.6) is 0 Å². The fraction of sp³-hybridized carbons (Fsp3) is 0.273. The molecule has 8 heteroatoms. The number of sulfonamides is 1. The molecule has 0 N–H and O–H groups in total. The van der Waals surface area contributed by atoms with Gasteiger partial charge in [0.15, 0.2) is 0 Å². The van der Waals surface area contributed by atoms with Gasteiger partial charge >= 0.3 is 0 Å². The quantitative estimate of drug-likeness (QED) is 0.631. The van der Waals surface area contributed by atoms with Crippen molar-refractivity contribution in [3.8, 4) is 0 Å². The van der Waals surface area contributed by atoms with Crippen LogP contribution in [0.25, 0.3) is 0 Å². The first-order valence-electron chi connectivity index (χ1n) is 9.80. The molecular weight excluding hydrogens is 400 g/mol. The number of hydrogen-bond acceptors (Lipinski definition) is 4. The van der Waals surface area contributed by atoms with Crippen LogP contribution in [0.15, 0.2) is 65.8 Å². The molecule has 1 amide bonds. The maximum absolute atomic E-state index is 13.4. The number of hydrogen-bond donors (Lipinski definition) is 0. The molecule has 0 radical (unpaired) electrons. The second-order valence-corrected chi connectivity index (χ2v) is 9.38. The standard InChI is InChI=1S/C22H24N4O3S/c1-24(15-17-14-23-25(2)16-17)22(27)19-8-5-10-20(13-19)30(28,29)26-12-6-9-18-7-3-4-11-21(18)26/h3-5,7-8,10-11,13-14,16H,6,9,12,15H2,1-2H3. The fourth-order valence-electron chi connectivity index (χ4n) is 3.79. The van der Waals surface area contributed by atoms with E-state index in [9.17, 15) is 13.2 Å². The van der Waals surface area contributed by atoms with Crippen molar-refractivity contribution in [2.75, 3.05) is 17.9 Å². The predicted octanol–water partition coefficient (Wildman–Crippen LogP) is 2.83. The van der Waals surface area contributed by atoms with E-state index in [0.717, 1.165) is 24.0 Å². The largest absolute Gasteiger partial charge is 0.337 e. The third kappa shape index (κ3) is 3.82. The maximum atomic E-state index is 13.4. The van der Waals surface area contributed by atoms with Crippen LogP contribution >= 0.6 is 0 Å². The summed E-state index contributed by atoms with van der Waals surface area (Å²) in [5.74, 6) is -0.241. The molecular formula is C22H24N4O3S. The highest BCUT2D eigenvalue weighted by molar-refractivity contribution is 7.92. The molecule has 2 heterocycles. The number of para-hydroxylation sites is 1. The second kappa shape index (κ2) is 7.95. The lowest BCUT2D eigenvalue weighted by Crippen LogP contribution is -2.35. The minimum atomic E-state index is -3.76. The molecule has 0 aliphatic carbocycles. The van der Waals surface area contributed by atoms with Crippen LogP contribution in [0, 0.1) is 0 Å².